The third kappa shape index (κ3) is 4.48. The van der Waals surface area contributed by atoms with E-state index in [4.69, 9.17) is 9.05 Å². The zero-order valence-corrected chi connectivity index (χ0v) is 16.4. The minimum absolute atomic E-state index is 0.313. The molecule has 0 aliphatic heterocycles. The number of benzene rings is 1. The molecule has 138 valence electrons. The van der Waals surface area contributed by atoms with Gasteiger partial charge in [-0.05, 0) is 62.6 Å². The van der Waals surface area contributed by atoms with Gasteiger partial charge in [0, 0.05) is 17.9 Å². The highest BCUT2D eigenvalue weighted by Crippen LogP contribution is 2.46. The molecule has 26 heavy (non-hydrogen) atoms. The number of nitrogens with zero attached hydrogens (tertiary/aromatic N) is 1. The lowest BCUT2D eigenvalue weighted by Crippen LogP contribution is -2.10. The van der Waals surface area contributed by atoms with E-state index < -0.39 is 7.60 Å². The van der Waals surface area contributed by atoms with Crippen LogP contribution in [-0.2, 0) is 33.0 Å². The van der Waals surface area contributed by atoms with Crippen LogP contribution in [0.25, 0.3) is 0 Å². The van der Waals surface area contributed by atoms with E-state index in [1.165, 1.54) is 29.7 Å². The third-order valence-electron chi connectivity index (χ3n) is 4.51. The Kier molecular flexibility index (Phi) is 6.38. The van der Waals surface area contributed by atoms with Crippen molar-refractivity contribution >= 4 is 7.60 Å². The van der Waals surface area contributed by atoms with Crippen LogP contribution in [0.2, 0.25) is 0 Å². The van der Waals surface area contributed by atoms with Crippen LogP contribution >= 0.6 is 7.60 Å². The molecule has 0 N–H and O–H groups in total. The van der Waals surface area contributed by atoms with Gasteiger partial charge < -0.3 is 4.57 Å². The van der Waals surface area contributed by atoms with Crippen molar-refractivity contribution in [3.05, 3.63) is 58.9 Å². The molecular formula is C21H26NO3P. The van der Waals surface area contributed by atoms with Crippen LogP contribution in [0.1, 0.15) is 49.2 Å². The standard InChI is InChI=1S/C21H26NO3P/c1-3-24-26(23,25-4-2)15-14-20-16-19-12-8-9-13-21(19)22(20)17-18-10-6-5-7-11-18/h5-7,10-11,16H,3-4,8-9,12-13,17H2,1-2H3. The second kappa shape index (κ2) is 8.73. The molecule has 1 aromatic heterocycles. The summed E-state index contributed by atoms with van der Waals surface area (Å²) < 4.78 is 25.5. The van der Waals surface area contributed by atoms with E-state index in [0.29, 0.717) is 13.2 Å². The molecule has 0 amide bonds. The van der Waals surface area contributed by atoms with Crippen molar-refractivity contribution in [1.82, 2.24) is 4.57 Å². The predicted molar refractivity (Wildman–Crippen MR) is 104 cm³/mol. The van der Waals surface area contributed by atoms with Crippen LogP contribution in [0.4, 0.5) is 0 Å². The van der Waals surface area contributed by atoms with Gasteiger partial charge >= 0.3 is 7.60 Å². The zero-order valence-electron chi connectivity index (χ0n) is 15.5. The van der Waals surface area contributed by atoms with E-state index in [9.17, 15) is 4.57 Å². The van der Waals surface area contributed by atoms with Gasteiger partial charge in [-0.25, -0.2) is 4.57 Å². The van der Waals surface area contributed by atoms with Crippen LogP contribution < -0.4 is 0 Å². The number of fused-ring (bicyclic) bond motifs is 1. The van der Waals surface area contributed by atoms with Crippen molar-refractivity contribution in [3.8, 4) is 11.6 Å². The van der Waals surface area contributed by atoms with Gasteiger partial charge in [-0.1, -0.05) is 30.3 Å². The highest BCUT2D eigenvalue weighted by molar-refractivity contribution is 7.59. The predicted octanol–water partition coefficient (Wildman–Crippen LogP) is 4.99. The molecule has 4 nitrogen and oxygen atoms in total. The Labute approximate surface area is 156 Å². The van der Waals surface area contributed by atoms with Crippen molar-refractivity contribution in [3.63, 3.8) is 0 Å². The van der Waals surface area contributed by atoms with Gasteiger partial charge in [-0.2, -0.15) is 0 Å². The van der Waals surface area contributed by atoms with Gasteiger partial charge in [0.15, 0.2) is 0 Å². The molecule has 1 heterocycles. The molecule has 5 heteroatoms. The summed E-state index contributed by atoms with van der Waals surface area (Å²) >= 11 is 0. The topological polar surface area (TPSA) is 40.5 Å². The number of aryl methyl sites for hydroxylation is 1. The summed E-state index contributed by atoms with van der Waals surface area (Å²) in [6.07, 6.45) is 4.57. The molecule has 0 unspecified atom stereocenters. The molecule has 0 bridgehead atoms. The Bertz CT molecular complexity index is 835. The molecule has 2 aromatic rings. The molecule has 0 saturated carbocycles. The second-order valence-corrected chi connectivity index (χ2v) is 8.09. The van der Waals surface area contributed by atoms with Crippen molar-refractivity contribution in [2.45, 2.75) is 46.1 Å². The first-order chi connectivity index (χ1) is 12.6. The average Bonchev–Trinajstić information content (AvgIpc) is 2.99. The maximum atomic E-state index is 12.7. The van der Waals surface area contributed by atoms with E-state index in [1.54, 1.807) is 13.8 Å². The molecule has 1 aliphatic rings. The second-order valence-electron chi connectivity index (χ2n) is 6.35. The summed E-state index contributed by atoms with van der Waals surface area (Å²) in [4.78, 5) is 0. The van der Waals surface area contributed by atoms with E-state index in [-0.39, 0.29) is 0 Å². The van der Waals surface area contributed by atoms with Crippen LogP contribution in [0.3, 0.4) is 0 Å². The monoisotopic (exact) mass is 371 g/mol. The maximum absolute atomic E-state index is 12.7. The first-order valence-electron chi connectivity index (χ1n) is 9.33. The van der Waals surface area contributed by atoms with Crippen LogP contribution in [0, 0.1) is 11.6 Å². The Morgan fingerprint density at radius 2 is 1.77 bits per heavy atom. The number of hydrogen-bond acceptors (Lipinski definition) is 3. The lowest BCUT2D eigenvalue weighted by molar-refractivity contribution is 0.230. The largest absolute Gasteiger partial charge is 0.405 e. The smallest absolute Gasteiger partial charge is 0.334 e. The fourth-order valence-corrected chi connectivity index (χ4v) is 4.52. The molecular weight excluding hydrogens is 345 g/mol. The molecule has 0 radical (unpaired) electrons. The quantitative estimate of drug-likeness (QED) is 0.530. The van der Waals surface area contributed by atoms with Crippen LogP contribution in [0.5, 0.6) is 0 Å². The summed E-state index contributed by atoms with van der Waals surface area (Å²) in [5, 5.41) is 0. The van der Waals surface area contributed by atoms with Crippen molar-refractivity contribution < 1.29 is 13.6 Å². The molecule has 1 aromatic carbocycles. The summed E-state index contributed by atoms with van der Waals surface area (Å²) in [6.45, 7) is 4.99. The maximum Gasteiger partial charge on any atom is 0.405 e. The normalized spacial score (nSPS) is 13.8. The van der Waals surface area contributed by atoms with Gasteiger partial charge in [-0.15, -0.1) is 0 Å². The highest BCUT2D eigenvalue weighted by atomic mass is 31.2. The van der Waals surface area contributed by atoms with E-state index in [0.717, 1.165) is 25.1 Å². The number of aromatic nitrogens is 1. The Balaban J connectivity index is 1.98. The van der Waals surface area contributed by atoms with Crippen molar-refractivity contribution in [2.24, 2.45) is 0 Å². The summed E-state index contributed by atoms with van der Waals surface area (Å²) in [5.74, 6) is 3.10. The van der Waals surface area contributed by atoms with Gasteiger partial charge in [0.05, 0.1) is 18.9 Å². The Hall–Kier alpha value is -1.79. The van der Waals surface area contributed by atoms with Gasteiger partial charge in [0.2, 0.25) is 0 Å². The van der Waals surface area contributed by atoms with Crippen molar-refractivity contribution in [2.75, 3.05) is 13.2 Å². The fourth-order valence-electron chi connectivity index (χ4n) is 3.38. The SMILES string of the molecule is CCOP(=O)(C#Cc1cc2c(n1Cc1ccccc1)CCCC2)OCC. The fraction of sp³-hybridized carbons (Fsp3) is 0.429. The first kappa shape index (κ1) is 19.0. The summed E-state index contributed by atoms with van der Waals surface area (Å²) in [5.41, 5.74) is 7.63. The minimum atomic E-state index is -3.37. The summed E-state index contributed by atoms with van der Waals surface area (Å²) in [7, 11) is -3.37. The third-order valence-corrected chi connectivity index (χ3v) is 6.09. The minimum Gasteiger partial charge on any atom is -0.334 e. The molecule has 0 saturated heterocycles. The van der Waals surface area contributed by atoms with Gasteiger partial charge in [0.1, 0.15) is 0 Å². The molecule has 0 spiro atoms. The Morgan fingerprint density at radius 1 is 1.08 bits per heavy atom. The van der Waals surface area contributed by atoms with Crippen molar-refractivity contribution in [1.29, 1.82) is 0 Å². The molecule has 0 atom stereocenters. The molecule has 1 aliphatic carbocycles. The zero-order chi connectivity index (χ0) is 18.4. The molecule has 0 fully saturated rings. The van der Waals surface area contributed by atoms with E-state index in [1.807, 2.05) is 6.07 Å². The summed E-state index contributed by atoms with van der Waals surface area (Å²) in [6, 6.07) is 12.5. The molecule has 3 rings (SSSR count). The first-order valence-corrected chi connectivity index (χ1v) is 10.9. The highest BCUT2D eigenvalue weighted by Gasteiger charge is 2.21. The number of rotatable bonds is 6. The van der Waals surface area contributed by atoms with Gasteiger partial charge in [-0.3, -0.25) is 9.05 Å². The van der Waals surface area contributed by atoms with Crippen LogP contribution in [-0.4, -0.2) is 17.8 Å². The van der Waals surface area contributed by atoms with E-state index >= 15 is 0 Å². The lowest BCUT2D eigenvalue weighted by Gasteiger charge is -2.16. The lowest BCUT2D eigenvalue weighted by atomic mass is 9.98. The van der Waals surface area contributed by atoms with Crippen LogP contribution in [0.15, 0.2) is 36.4 Å². The van der Waals surface area contributed by atoms with E-state index in [2.05, 4.69) is 46.5 Å². The number of hydrogen-bond donors (Lipinski definition) is 0. The van der Waals surface area contributed by atoms with Gasteiger partial charge in [0.25, 0.3) is 0 Å². The average molecular weight is 371 g/mol. The Morgan fingerprint density at radius 3 is 2.46 bits per heavy atom.